The Morgan fingerprint density at radius 3 is 2.41 bits per heavy atom. The van der Waals surface area contributed by atoms with Crippen molar-refractivity contribution < 1.29 is 4.79 Å². The van der Waals surface area contributed by atoms with Gasteiger partial charge in [0, 0.05) is 51.2 Å². The van der Waals surface area contributed by atoms with Crippen LogP contribution in [0, 0.1) is 12.3 Å². The number of nitrogens with zero attached hydrogens (tertiary/aromatic N) is 2. The van der Waals surface area contributed by atoms with Gasteiger partial charge < -0.3 is 16.0 Å². The van der Waals surface area contributed by atoms with E-state index in [-0.39, 0.29) is 35.3 Å². The molecule has 1 saturated heterocycles. The average Bonchev–Trinajstić information content (AvgIpc) is 2.64. The minimum absolute atomic E-state index is 0. The SMILES string of the molecule is CN=C(NCCNC(=O)C(C)(C)C)NC1CCN(Cc2cccc(C)c2)CC1.I. The second kappa shape index (κ2) is 12.4. The maximum absolute atomic E-state index is 11.9. The van der Waals surface area contributed by atoms with Gasteiger partial charge in [0.05, 0.1) is 0 Å². The molecule has 164 valence electrons. The Hall–Kier alpha value is -1.35. The van der Waals surface area contributed by atoms with Crippen LogP contribution in [-0.2, 0) is 11.3 Å². The number of piperidine rings is 1. The number of likely N-dealkylation sites (tertiary alicyclic amines) is 1. The van der Waals surface area contributed by atoms with Gasteiger partial charge in [-0.2, -0.15) is 0 Å². The zero-order valence-corrected chi connectivity index (χ0v) is 20.9. The number of benzene rings is 1. The summed E-state index contributed by atoms with van der Waals surface area (Å²) in [6, 6.07) is 9.20. The van der Waals surface area contributed by atoms with Crippen LogP contribution in [0.5, 0.6) is 0 Å². The molecule has 1 aromatic carbocycles. The van der Waals surface area contributed by atoms with Crippen LogP contribution in [0.2, 0.25) is 0 Å². The fraction of sp³-hybridized carbons (Fsp3) is 0.636. The molecule has 0 aromatic heterocycles. The van der Waals surface area contributed by atoms with E-state index in [1.807, 2.05) is 20.8 Å². The van der Waals surface area contributed by atoms with Crippen molar-refractivity contribution in [2.45, 2.75) is 53.1 Å². The zero-order valence-electron chi connectivity index (χ0n) is 18.5. The fourth-order valence-electron chi connectivity index (χ4n) is 3.31. The number of hydrogen-bond acceptors (Lipinski definition) is 3. The maximum Gasteiger partial charge on any atom is 0.225 e. The highest BCUT2D eigenvalue weighted by atomic mass is 127. The first kappa shape index (κ1) is 25.7. The van der Waals surface area contributed by atoms with Crippen LogP contribution in [0.1, 0.15) is 44.7 Å². The number of aryl methyl sites for hydroxylation is 1. The standard InChI is InChI=1S/C22H37N5O.HI/c1-17-7-6-8-18(15-17)16-27-13-9-19(10-14-27)26-21(23-5)25-12-11-24-20(28)22(2,3)4;/h6-8,15,19H,9-14,16H2,1-5H3,(H,24,28)(H2,23,25,26);1H. The lowest BCUT2D eigenvalue weighted by molar-refractivity contribution is -0.128. The second-order valence-corrected chi connectivity index (χ2v) is 8.69. The Bertz CT molecular complexity index is 663. The van der Waals surface area contributed by atoms with E-state index in [1.54, 1.807) is 7.05 Å². The number of hydrogen-bond donors (Lipinski definition) is 3. The zero-order chi connectivity index (χ0) is 20.6. The van der Waals surface area contributed by atoms with E-state index in [2.05, 4.69) is 57.0 Å². The molecule has 0 radical (unpaired) electrons. The number of guanidine groups is 1. The van der Waals surface area contributed by atoms with Gasteiger partial charge in [-0.05, 0) is 25.3 Å². The van der Waals surface area contributed by atoms with Gasteiger partial charge in [0.25, 0.3) is 0 Å². The van der Waals surface area contributed by atoms with E-state index in [4.69, 9.17) is 0 Å². The molecule has 1 aliphatic heterocycles. The molecular formula is C22H38IN5O. The summed E-state index contributed by atoms with van der Waals surface area (Å²) in [5, 5.41) is 9.76. The first-order valence-corrected chi connectivity index (χ1v) is 10.3. The van der Waals surface area contributed by atoms with Crippen molar-refractivity contribution in [2.75, 3.05) is 33.2 Å². The molecule has 0 atom stereocenters. The predicted molar refractivity (Wildman–Crippen MR) is 132 cm³/mol. The Balaban J connectivity index is 0.00000420. The monoisotopic (exact) mass is 515 g/mol. The summed E-state index contributed by atoms with van der Waals surface area (Å²) in [7, 11) is 1.79. The minimum atomic E-state index is -0.355. The number of carbonyl (C=O) groups excluding carboxylic acids is 1. The molecule has 1 aromatic rings. The molecule has 2 rings (SSSR count). The fourth-order valence-corrected chi connectivity index (χ4v) is 3.31. The molecule has 6 nitrogen and oxygen atoms in total. The van der Waals surface area contributed by atoms with Gasteiger partial charge in [0.2, 0.25) is 5.91 Å². The maximum atomic E-state index is 11.9. The van der Waals surface area contributed by atoms with Crippen molar-refractivity contribution in [3.8, 4) is 0 Å². The lowest BCUT2D eigenvalue weighted by Crippen LogP contribution is -2.49. The third kappa shape index (κ3) is 9.33. The van der Waals surface area contributed by atoms with Crippen LogP contribution in [0.4, 0.5) is 0 Å². The second-order valence-electron chi connectivity index (χ2n) is 8.69. The molecular weight excluding hydrogens is 477 g/mol. The number of amides is 1. The number of nitrogens with one attached hydrogen (secondary N) is 3. The molecule has 0 aliphatic carbocycles. The quantitative estimate of drug-likeness (QED) is 0.236. The number of carbonyl (C=O) groups is 1. The van der Waals surface area contributed by atoms with Crippen LogP contribution in [0.15, 0.2) is 29.3 Å². The van der Waals surface area contributed by atoms with E-state index in [0.717, 1.165) is 38.4 Å². The summed E-state index contributed by atoms with van der Waals surface area (Å²) in [6.07, 6.45) is 2.21. The minimum Gasteiger partial charge on any atom is -0.355 e. The molecule has 1 amide bonds. The van der Waals surface area contributed by atoms with Crippen LogP contribution in [0.25, 0.3) is 0 Å². The number of rotatable bonds is 6. The van der Waals surface area contributed by atoms with E-state index in [9.17, 15) is 4.79 Å². The summed E-state index contributed by atoms with van der Waals surface area (Å²) in [6.45, 7) is 12.3. The first-order chi connectivity index (χ1) is 13.3. The summed E-state index contributed by atoms with van der Waals surface area (Å²) >= 11 is 0. The van der Waals surface area contributed by atoms with Gasteiger partial charge in [-0.15, -0.1) is 24.0 Å². The van der Waals surface area contributed by atoms with Crippen molar-refractivity contribution in [2.24, 2.45) is 10.4 Å². The van der Waals surface area contributed by atoms with E-state index in [0.29, 0.717) is 19.1 Å². The highest BCUT2D eigenvalue weighted by Crippen LogP contribution is 2.15. The lowest BCUT2D eigenvalue weighted by Gasteiger charge is -2.33. The highest BCUT2D eigenvalue weighted by molar-refractivity contribution is 14.0. The molecule has 1 heterocycles. The van der Waals surface area contributed by atoms with Gasteiger partial charge in [0.1, 0.15) is 0 Å². The molecule has 7 heteroatoms. The Labute approximate surface area is 193 Å². The Morgan fingerprint density at radius 2 is 1.83 bits per heavy atom. The van der Waals surface area contributed by atoms with Crippen LogP contribution >= 0.6 is 24.0 Å². The molecule has 0 bridgehead atoms. The van der Waals surface area contributed by atoms with Crippen LogP contribution in [-0.4, -0.2) is 56.0 Å². The first-order valence-electron chi connectivity index (χ1n) is 10.3. The van der Waals surface area contributed by atoms with Gasteiger partial charge in [0.15, 0.2) is 5.96 Å². The van der Waals surface area contributed by atoms with Crippen LogP contribution < -0.4 is 16.0 Å². The summed E-state index contributed by atoms with van der Waals surface area (Å²) in [5.41, 5.74) is 2.36. The van der Waals surface area contributed by atoms with Gasteiger partial charge in [-0.25, -0.2) is 0 Å². The predicted octanol–water partition coefficient (Wildman–Crippen LogP) is 2.90. The Morgan fingerprint density at radius 1 is 1.17 bits per heavy atom. The molecule has 0 spiro atoms. The van der Waals surface area contributed by atoms with Crippen molar-refractivity contribution >= 4 is 35.8 Å². The molecule has 1 aliphatic rings. The third-order valence-electron chi connectivity index (χ3n) is 5.02. The van der Waals surface area contributed by atoms with Gasteiger partial charge in [-0.1, -0.05) is 50.6 Å². The molecule has 1 fully saturated rings. The van der Waals surface area contributed by atoms with Crippen molar-refractivity contribution in [1.82, 2.24) is 20.9 Å². The topological polar surface area (TPSA) is 68.8 Å². The number of aliphatic imine (C=N–C) groups is 1. The summed E-state index contributed by atoms with van der Waals surface area (Å²) < 4.78 is 0. The van der Waals surface area contributed by atoms with Crippen molar-refractivity contribution in [3.63, 3.8) is 0 Å². The average molecular weight is 515 g/mol. The molecule has 3 N–H and O–H groups in total. The smallest absolute Gasteiger partial charge is 0.225 e. The van der Waals surface area contributed by atoms with Crippen LogP contribution in [0.3, 0.4) is 0 Å². The normalized spacial score (nSPS) is 16.1. The van der Waals surface area contributed by atoms with Gasteiger partial charge >= 0.3 is 0 Å². The lowest BCUT2D eigenvalue weighted by atomic mass is 9.96. The van der Waals surface area contributed by atoms with E-state index < -0.39 is 0 Å². The largest absolute Gasteiger partial charge is 0.355 e. The summed E-state index contributed by atoms with van der Waals surface area (Å²) in [5.74, 6) is 0.875. The molecule has 0 saturated carbocycles. The summed E-state index contributed by atoms with van der Waals surface area (Å²) in [4.78, 5) is 18.7. The third-order valence-corrected chi connectivity index (χ3v) is 5.02. The van der Waals surface area contributed by atoms with Gasteiger partial charge in [-0.3, -0.25) is 14.7 Å². The van der Waals surface area contributed by atoms with E-state index in [1.165, 1.54) is 11.1 Å². The van der Waals surface area contributed by atoms with Crippen molar-refractivity contribution in [3.05, 3.63) is 35.4 Å². The highest BCUT2D eigenvalue weighted by Gasteiger charge is 2.21. The van der Waals surface area contributed by atoms with Crippen molar-refractivity contribution in [1.29, 1.82) is 0 Å². The molecule has 0 unspecified atom stereocenters. The Kier molecular flexibility index (Phi) is 11.0. The van der Waals surface area contributed by atoms with E-state index >= 15 is 0 Å². The number of halogens is 1. The molecule has 29 heavy (non-hydrogen) atoms.